The standard InChI is InChI=1S/C22H28O4/c1-20-8-5-14(23)11-13(20)3-4-15-16-6-9-22(10-7-18(25)26-22)21(16,2)12-17(24)19(15)20/h3-4,11,15-17,19,24H,5-10,12H2,1-2H3/t15?,16?,17?,19?,20-,21-,22+/m1/s1. The summed E-state index contributed by atoms with van der Waals surface area (Å²) in [5.74, 6) is 0.989. The van der Waals surface area contributed by atoms with Crippen LogP contribution >= 0.6 is 0 Å². The van der Waals surface area contributed by atoms with E-state index in [-0.39, 0.29) is 40.0 Å². The maximum atomic E-state index is 11.9. The molecule has 2 saturated carbocycles. The number of rotatable bonds is 0. The molecule has 1 aliphatic heterocycles. The largest absolute Gasteiger partial charge is 0.458 e. The Hall–Kier alpha value is -1.42. The van der Waals surface area contributed by atoms with Gasteiger partial charge in [0.05, 0.1) is 6.10 Å². The highest BCUT2D eigenvalue weighted by Gasteiger charge is 2.68. The van der Waals surface area contributed by atoms with Crippen molar-refractivity contribution in [2.24, 2.45) is 28.6 Å². The Morgan fingerprint density at radius 3 is 2.69 bits per heavy atom. The Morgan fingerprint density at radius 1 is 1.15 bits per heavy atom. The maximum absolute atomic E-state index is 11.9. The van der Waals surface area contributed by atoms with E-state index in [1.54, 1.807) is 6.08 Å². The number of ketones is 1. The zero-order chi connectivity index (χ0) is 18.3. The van der Waals surface area contributed by atoms with Gasteiger partial charge in [-0.05, 0) is 61.0 Å². The number of esters is 1. The molecule has 0 aromatic carbocycles. The molecule has 1 saturated heterocycles. The molecule has 4 unspecified atom stereocenters. The highest BCUT2D eigenvalue weighted by atomic mass is 16.6. The van der Waals surface area contributed by atoms with Crippen molar-refractivity contribution in [1.82, 2.24) is 0 Å². The van der Waals surface area contributed by atoms with E-state index in [9.17, 15) is 14.7 Å². The monoisotopic (exact) mass is 356 g/mol. The van der Waals surface area contributed by atoms with Crippen LogP contribution in [0.1, 0.15) is 58.8 Å². The first-order chi connectivity index (χ1) is 12.3. The molecule has 0 radical (unpaired) electrons. The molecule has 1 heterocycles. The van der Waals surface area contributed by atoms with Gasteiger partial charge in [0.2, 0.25) is 0 Å². The maximum Gasteiger partial charge on any atom is 0.306 e. The third kappa shape index (κ3) is 1.89. The predicted octanol–water partition coefficient (Wildman–Crippen LogP) is 3.34. The van der Waals surface area contributed by atoms with Crippen LogP contribution in [0.15, 0.2) is 23.8 Å². The second-order valence-electron chi connectivity index (χ2n) is 9.75. The molecule has 4 nitrogen and oxygen atoms in total. The number of hydrogen-bond donors (Lipinski definition) is 1. The zero-order valence-electron chi connectivity index (χ0n) is 15.7. The molecule has 0 aromatic rings. The molecule has 1 spiro atoms. The lowest BCUT2D eigenvalue weighted by molar-refractivity contribution is -0.177. The average molecular weight is 356 g/mol. The molecule has 0 aromatic heterocycles. The Bertz CT molecular complexity index is 751. The predicted molar refractivity (Wildman–Crippen MR) is 96.1 cm³/mol. The van der Waals surface area contributed by atoms with Crippen LogP contribution in [0.4, 0.5) is 0 Å². The highest BCUT2D eigenvalue weighted by Crippen LogP contribution is 2.68. The van der Waals surface area contributed by atoms with Gasteiger partial charge >= 0.3 is 5.97 Å². The van der Waals surface area contributed by atoms with Gasteiger partial charge in [0, 0.05) is 24.2 Å². The fourth-order valence-corrected chi connectivity index (χ4v) is 7.41. The number of carbonyl (C=O) groups is 2. The summed E-state index contributed by atoms with van der Waals surface area (Å²) < 4.78 is 5.93. The van der Waals surface area contributed by atoms with Gasteiger partial charge in [-0.3, -0.25) is 9.59 Å². The first-order valence-electron chi connectivity index (χ1n) is 10.1. The number of allylic oxidation sites excluding steroid dienone is 4. The van der Waals surface area contributed by atoms with E-state index in [0.29, 0.717) is 25.2 Å². The lowest BCUT2D eigenvalue weighted by atomic mass is 9.47. The van der Waals surface area contributed by atoms with Crippen LogP contribution in [0, 0.1) is 28.6 Å². The second kappa shape index (κ2) is 5.09. The van der Waals surface area contributed by atoms with E-state index in [4.69, 9.17) is 4.74 Å². The topological polar surface area (TPSA) is 63.6 Å². The molecular formula is C22H28O4. The van der Waals surface area contributed by atoms with Crippen molar-refractivity contribution >= 4 is 11.8 Å². The molecule has 5 aliphatic rings. The smallest absolute Gasteiger partial charge is 0.306 e. The van der Waals surface area contributed by atoms with Crippen LogP contribution in [-0.4, -0.2) is 28.6 Å². The second-order valence-corrected chi connectivity index (χ2v) is 9.75. The minimum Gasteiger partial charge on any atom is -0.458 e. The SMILES string of the molecule is C[C@@]12CCC(=O)C=C1C=CC1C2C(O)C[C@]2(C)C1CC[C@]21CCC(=O)O1. The molecule has 1 N–H and O–H groups in total. The van der Waals surface area contributed by atoms with Gasteiger partial charge in [-0.15, -0.1) is 0 Å². The molecule has 4 aliphatic carbocycles. The Balaban J connectivity index is 1.58. The summed E-state index contributed by atoms with van der Waals surface area (Å²) in [5, 5.41) is 11.3. The molecule has 26 heavy (non-hydrogen) atoms. The van der Waals surface area contributed by atoms with Crippen molar-refractivity contribution in [3.05, 3.63) is 23.8 Å². The quantitative estimate of drug-likeness (QED) is 0.676. The number of fused-ring (bicyclic) bond motifs is 6. The van der Waals surface area contributed by atoms with Crippen molar-refractivity contribution < 1.29 is 19.4 Å². The summed E-state index contributed by atoms with van der Waals surface area (Å²) in [4.78, 5) is 23.8. The van der Waals surface area contributed by atoms with Gasteiger partial charge in [-0.25, -0.2) is 0 Å². The number of aliphatic hydroxyl groups excluding tert-OH is 1. The van der Waals surface area contributed by atoms with E-state index in [2.05, 4.69) is 26.0 Å². The van der Waals surface area contributed by atoms with Crippen LogP contribution in [-0.2, 0) is 14.3 Å². The zero-order valence-corrected chi connectivity index (χ0v) is 15.7. The molecule has 0 bridgehead atoms. The van der Waals surface area contributed by atoms with Gasteiger partial charge in [-0.2, -0.15) is 0 Å². The summed E-state index contributed by atoms with van der Waals surface area (Å²) in [7, 11) is 0. The van der Waals surface area contributed by atoms with Gasteiger partial charge in [0.1, 0.15) is 5.60 Å². The number of ether oxygens (including phenoxy) is 1. The third-order valence-corrected chi connectivity index (χ3v) is 8.79. The van der Waals surface area contributed by atoms with Crippen LogP contribution in [0.5, 0.6) is 0 Å². The summed E-state index contributed by atoms with van der Waals surface area (Å²) in [6, 6.07) is 0. The van der Waals surface area contributed by atoms with Gasteiger partial charge in [-0.1, -0.05) is 26.0 Å². The van der Waals surface area contributed by atoms with Gasteiger partial charge < -0.3 is 9.84 Å². The average Bonchev–Trinajstić information content (AvgIpc) is 3.09. The van der Waals surface area contributed by atoms with E-state index < -0.39 is 6.10 Å². The van der Waals surface area contributed by atoms with Crippen molar-refractivity contribution in [3.8, 4) is 0 Å². The first kappa shape index (κ1) is 16.7. The summed E-state index contributed by atoms with van der Waals surface area (Å²) >= 11 is 0. The Labute approximate surface area is 154 Å². The van der Waals surface area contributed by atoms with Gasteiger partial charge in [0.25, 0.3) is 0 Å². The Morgan fingerprint density at radius 2 is 1.96 bits per heavy atom. The molecular weight excluding hydrogens is 328 g/mol. The number of hydrogen-bond acceptors (Lipinski definition) is 4. The number of aliphatic hydroxyl groups is 1. The van der Waals surface area contributed by atoms with Crippen LogP contribution in [0.2, 0.25) is 0 Å². The van der Waals surface area contributed by atoms with Crippen molar-refractivity contribution in [2.45, 2.75) is 70.5 Å². The summed E-state index contributed by atoms with van der Waals surface area (Å²) in [6.07, 6.45) is 11.1. The summed E-state index contributed by atoms with van der Waals surface area (Å²) in [5.41, 5.74) is 0.425. The normalized spacial score (nSPS) is 52.3. The lowest BCUT2D eigenvalue weighted by Gasteiger charge is -2.58. The van der Waals surface area contributed by atoms with Crippen molar-refractivity contribution in [3.63, 3.8) is 0 Å². The first-order valence-corrected chi connectivity index (χ1v) is 10.1. The molecule has 4 heteroatoms. The minimum atomic E-state index is -0.429. The Kier molecular flexibility index (Phi) is 3.28. The van der Waals surface area contributed by atoms with E-state index in [1.165, 1.54) is 0 Å². The van der Waals surface area contributed by atoms with Crippen LogP contribution in [0.25, 0.3) is 0 Å². The molecule has 3 fully saturated rings. The van der Waals surface area contributed by atoms with Crippen LogP contribution in [0.3, 0.4) is 0 Å². The van der Waals surface area contributed by atoms with E-state index in [1.807, 2.05) is 0 Å². The fraction of sp³-hybridized carbons (Fsp3) is 0.727. The van der Waals surface area contributed by atoms with Crippen LogP contribution < -0.4 is 0 Å². The minimum absolute atomic E-state index is 0.0781. The lowest BCUT2D eigenvalue weighted by Crippen LogP contribution is -2.58. The number of carbonyl (C=O) groups excluding carboxylic acids is 2. The molecule has 0 amide bonds. The van der Waals surface area contributed by atoms with E-state index >= 15 is 0 Å². The fourth-order valence-electron chi connectivity index (χ4n) is 7.41. The molecule has 7 atom stereocenters. The third-order valence-electron chi connectivity index (χ3n) is 8.79. The molecule has 140 valence electrons. The van der Waals surface area contributed by atoms with Gasteiger partial charge in [0.15, 0.2) is 5.78 Å². The van der Waals surface area contributed by atoms with E-state index in [0.717, 1.165) is 31.3 Å². The van der Waals surface area contributed by atoms with Crippen molar-refractivity contribution in [2.75, 3.05) is 0 Å². The summed E-state index contributed by atoms with van der Waals surface area (Å²) in [6.45, 7) is 4.48. The van der Waals surface area contributed by atoms with Crippen molar-refractivity contribution in [1.29, 1.82) is 0 Å². The highest BCUT2D eigenvalue weighted by molar-refractivity contribution is 5.92. The molecule has 5 rings (SSSR count).